The van der Waals surface area contributed by atoms with Gasteiger partial charge in [-0.25, -0.2) is 9.97 Å². The van der Waals surface area contributed by atoms with E-state index in [1.54, 1.807) is 7.11 Å². The second-order valence-corrected chi connectivity index (χ2v) is 6.40. The van der Waals surface area contributed by atoms with Crippen molar-refractivity contribution in [2.24, 2.45) is 5.92 Å². The van der Waals surface area contributed by atoms with Crippen LogP contribution in [0.1, 0.15) is 36.6 Å². The third-order valence-electron chi connectivity index (χ3n) is 2.93. The van der Waals surface area contributed by atoms with Crippen molar-refractivity contribution in [1.29, 1.82) is 0 Å². The van der Waals surface area contributed by atoms with Gasteiger partial charge in [-0.2, -0.15) is 11.8 Å². The van der Waals surface area contributed by atoms with Gasteiger partial charge in [-0.1, -0.05) is 13.8 Å². The SMILES string of the molecule is COCCNCc1c(C)nc(CSCC(C)C)nc1C. The van der Waals surface area contributed by atoms with E-state index in [4.69, 9.17) is 4.74 Å². The number of thioether (sulfide) groups is 1. The number of rotatable bonds is 9. The van der Waals surface area contributed by atoms with Crippen molar-refractivity contribution in [1.82, 2.24) is 15.3 Å². The van der Waals surface area contributed by atoms with Crippen LogP contribution in [0.4, 0.5) is 0 Å². The predicted octanol–water partition coefficient (Wildman–Crippen LogP) is 2.72. The Labute approximate surface area is 127 Å². The lowest BCUT2D eigenvalue weighted by molar-refractivity contribution is 0.199. The van der Waals surface area contributed by atoms with E-state index >= 15 is 0 Å². The number of ether oxygens (including phenoxy) is 1. The van der Waals surface area contributed by atoms with E-state index in [-0.39, 0.29) is 0 Å². The fraction of sp³-hybridized carbons (Fsp3) is 0.733. The van der Waals surface area contributed by atoms with Crippen LogP contribution >= 0.6 is 11.8 Å². The first-order valence-corrected chi connectivity index (χ1v) is 8.30. The van der Waals surface area contributed by atoms with Gasteiger partial charge >= 0.3 is 0 Å². The van der Waals surface area contributed by atoms with Crippen molar-refractivity contribution < 1.29 is 4.74 Å². The Hall–Kier alpha value is -0.650. The van der Waals surface area contributed by atoms with Gasteiger partial charge in [0.15, 0.2) is 0 Å². The Kier molecular flexibility index (Phi) is 8.11. The highest BCUT2D eigenvalue weighted by molar-refractivity contribution is 7.98. The molecule has 0 aliphatic heterocycles. The molecule has 0 aliphatic rings. The summed E-state index contributed by atoms with van der Waals surface area (Å²) in [6.07, 6.45) is 0. The summed E-state index contributed by atoms with van der Waals surface area (Å²) in [5, 5.41) is 3.35. The van der Waals surface area contributed by atoms with E-state index in [9.17, 15) is 0 Å². The lowest BCUT2D eigenvalue weighted by Crippen LogP contribution is -2.20. The van der Waals surface area contributed by atoms with Gasteiger partial charge in [-0.05, 0) is 25.5 Å². The molecule has 0 saturated carbocycles. The monoisotopic (exact) mass is 297 g/mol. The number of hydrogen-bond acceptors (Lipinski definition) is 5. The Morgan fingerprint density at radius 3 is 2.40 bits per heavy atom. The van der Waals surface area contributed by atoms with Crippen LogP contribution in [-0.4, -0.2) is 36.0 Å². The van der Waals surface area contributed by atoms with E-state index in [0.29, 0.717) is 5.92 Å². The second-order valence-electron chi connectivity index (χ2n) is 5.37. The van der Waals surface area contributed by atoms with Gasteiger partial charge in [0.1, 0.15) is 5.82 Å². The lowest BCUT2D eigenvalue weighted by atomic mass is 10.1. The van der Waals surface area contributed by atoms with Crippen molar-refractivity contribution in [3.8, 4) is 0 Å². The molecule has 1 N–H and O–H groups in total. The molecule has 0 saturated heterocycles. The summed E-state index contributed by atoms with van der Waals surface area (Å²) in [5.74, 6) is 3.72. The summed E-state index contributed by atoms with van der Waals surface area (Å²) in [6.45, 7) is 11.0. The molecule has 1 heterocycles. The zero-order chi connectivity index (χ0) is 15.0. The maximum atomic E-state index is 5.03. The summed E-state index contributed by atoms with van der Waals surface area (Å²) < 4.78 is 5.03. The number of hydrogen-bond donors (Lipinski definition) is 1. The van der Waals surface area contributed by atoms with E-state index in [0.717, 1.165) is 48.4 Å². The second kappa shape index (κ2) is 9.32. The topological polar surface area (TPSA) is 47.0 Å². The maximum Gasteiger partial charge on any atom is 0.138 e. The van der Waals surface area contributed by atoms with Crippen LogP contribution in [-0.2, 0) is 17.0 Å². The van der Waals surface area contributed by atoms with Gasteiger partial charge in [0.25, 0.3) is 0 Å². The molecule has 1 aromatic rings. The molecule has 0 amide bonds. The van der Waals surface area contributed by atoms with Crippen LogP contribution in [0.25, 0.3) is 0 Å². The van der Waals surface area contributed by atoms with Gasteiger partial charge < -0.3 is 10.1 Å². The highest BCUT2D eigenvalue weighted by atomic mass is 32.2. The summed E-state index contributed by atoms with van der Waals surface area (Å²) >= 11 is 1.91. The zero-order valence-electron chi connectivity index (χ0n) is 13.3. The molecule has 1 rings (SSSR count). The molecule has 0 aliphatic carbocycles. The first kappa shape index (κ1) is 17.4. The third kappa shape index (κ3) is 6.20. The Bertz CT molecular complexity index is 387. The lowest BCUT2D eigenvalue weighted by Gasteiger charge is -2.12. The van der Waals surface area contributed by atoms with Crippen LogP contribution in [0.5, 0.6) is 0 Å². The number of aromatic nitrogens is 2. The molecule has 0 spiro atoms. The van der Waals surface area contributed by atoms with Crippen molar-refractivity contribution in [2.75, 3.05) is 26.0 Å². The van der Waals surface area contributed by atoms with Crippen LogP contribution < -0.4 is 5.32 Å². The van der Waals surface area contributed by atoms with Crippen molar-refractivity contribution in [3.05, 3.63) is 22.8 Å². The highest BCUT2D eigenvalue weighted by Gasteiger charge is 2.08. The first-order chi connectivity index (χ1) is 9.54. The molecule has 20 heavy (non-hydrogen) atoms. The van der Waals surface area contributed by atoms with E-state index in [2.05, 4.69) is 43.0 Å². The minimum atomic E-state index is 0.714. The van der Waals surface area contributed by atoms with Crippen molar-refractivity contribution >= 4 is 11.8 Å². The predicted molar refractivity (Wildman–Crippen MR) is 86.1 cm³/mol. The molecule has 0 atom stereocenters. The summed E-state index contributed by atoms with van der Waals surface area (Å²) in [7, 11) is 1.71. The highest BCUT2D eigenvalue weighted by Crippen LogP contribution is 2.16. The Morgan fingerprint density at radius 1 is 1.20 bits per heavy atom. The molecule has 114 valence electrons. The molecule has 0 aromatic carbocycles. The molecule has 1 aromatic heterocycles. The fourth-order valence-corrected chi connectivity index (χ4v) is 2.80. The Morgan fingerprint density at radius 2 is 1.85 bits per heavy atom. The minimum absolute atomic E-state index is 0.714. The maximum absolute atomic E-state index is 5.03. The van der Waals surface area contributed by atoms with Gasteiger partial charge in [-0.3, -0.25) is 0 Å². The smallest absolute Gasteiger partial charge is 0.138 e. The van der Waals surface area contributed by atoms with Crippen LogP contribution in [0.3, 0.4) is 0 Å². The average molecular weight is 297 g/mol. The van der Waals surface area contributed by atoms with Gasteiger partial charge in [0.05, 0.1) is 12.4 Å². The summed E-state index contributed by atoms with van der Waals surface area (Å²) in [5.41, 5.74) is 3.38. The molecule has 0 bridgehead atoms. The van der Waals surface area contributed by atoms with Crippen molar-refractivity contribution in [2.45, 2.75) is 40.0 Å². The van der Waals surface area contributed by atoms with E-state index < -0.39 is 0 Å². The minimum Gasteiger partial charge on any atom is -0.383 e. The van der Waals surface area contributed by atoms with Crippen LogP contribution in [0.15, 0.2) is 0 Å². The summed E-state index contributed by atoms with van der Waals surface area (Å²) in [4.78, 5) is 9.25. The normalized spacial score (nSPS) is 11.3. The quantitative estimate of drug-likeness (QED) is 0.710. The molecule has 0 radical (unpaired) electrons. The standard InChI is InChI=1S/C15H27N3OS/c1-11(2)9-20-10-15-17-12(3)14(13(4)18-15)8-16-6-7-19-5/h11,16H,6-10H2,1-5H3. The number of nitrogens with zero attached hydrogens (tertiary/aromatic N) is 2. The van der Waals surface area contributed by atoms with Gasteiger partial charge in [0.2, 0.25) is 0 Å². The zero-order valence-corrected chi connectivity index (χ0v) is 14.1. The van der Waals surface area contributed by atoms with Crippen LogP contribution in [0, 0.1) is 19.8 Å². The fourth-order valence-electron chi connectivity index (χ4n) is 1.90. The van der Waals surface area contributed by atoms with Crippen molar-refractivity contribution in [3.63, 3.8) is 0 Å². The van der Waals surface area contributed by atoms with Crippen LogP contribution in [0.2, 0.25) is 0 Å². The first-order valence-electron chi connectivity index (χ1n) is 7.15. The third-order valence-corrected chi connectivity index (χ3v) is 4.30. The Balaban J connectivity index is 2.56. The number of methoxy groups -OCH3 is 1. The van der Waals surface area contributed by atoms with Gasteiger partial charge in [0, 0.05) is 37.2 Å². The molecular weight excluding hydrogens is 270 g/mol. The molecule has 0 fully saturated rings. The van der Waals surface area contributed by atoms with Gasteiger partial charge in [-0.15, -0.1) is 0 Å². The molecular formula is C15H27N3OS. The number of aryl methyl sites for hydroxylation is 2. The average Bonchev–Trinajstić information content (AvgIpc) is 2.36. The molecule has 0 unspecified atom stereocenters. The largest absolute Gasteiger partial charge is 0.383 e. The van der Waals surface area contributed by atoms with E-state index in [1.807, 2.05) is 11.8 Å². The van der Waals surface area contributed by atoms with E-state index in [1.165, 1.54) is 5.56 Å². The molecule has 4 nitrogen and oxygen atoms in total. The number of nitrogens with one attached hydrogen (secondary N) is 1. The summed E-state index contributed by atoms with van der Waals surface area (Å²) in [6, 6.07) is 0. The molecule has 5 heteroatoms.